The summed E-state index contributed by atoms with van der Waals surface area (Å²) < 4.78 is 32.0. The number of rotatable bonds is 31. The van der Waals surface area contributed by atoms with Crippen LogP contribution in [0.4, 0.5) is 4.79 Å². The van der Waals surface area contributed by atoms with Crippen LogP contribution < -0.4 is 56.6 Å². The van der Waals surface area contributed by atoms with Crippen LogP contribution in [-0.2, 0) is 52.6 Å². The number of nitrogens with two attached hydrogens (primary N) is 1. The Balaban J connectivity index is 0.000000250. The fourth-order valence-electron chi connectivity index (χ4n) is 16.3. The number of amides is 5. The fraction of sp³-hybridized carbons (Fsp3) is 0.564. The highest BCUT2D eigenvalue weighted by Crippen LogP contribution is 2.71. The lowest BCUT2D eigenvalue weighted by atomic mass is 9.38. The van der Waals surface area contributed by atoms with E-state index < -0.39 is 29.2 Å². The summed E-state index contributed by atoms with van der Waals surface area (Å²) in [6, 6.07) is 27.6. The first-order valence-electron chi connectivity index (χ1n) is 35.8. The van der Waals surface area contributed by atoms with Gasteiger partial charge in [0.25, 0.3) is 23.6 Å². The molecule has 4 aromatic carbocycles. The first-order chi connectivity index (χ1) is 50.0. The number of likely N-dealkylation sites (N-methyl/N-ethyl adjacent to an activating group) is 3. The number of hydrogen-bond acceptors (Lipinski definition) is 19. The summed E-state index contributed by atoms with van der Waals surface area (Å²) in [5, 5.41) is 28.8. The summed E-state index contributed by atoms with van der Waals surface area (Å²) in [6.45, 7) is 12.8. The van der Waals surface area contributed by atoms with Crippen molar-refractivity contribution < 1.29 is 81.5 Å². The van der Waals surface area contributed by atoms with Gasteiger partial charge in [0.15, 0.2) is 26.4 Å². The number of carbonyl (C=O) groups excluding carboxylic acids is 9. The van der Waals surface area contributed by atoms with Crippen LogP contribution >= 0.6 is 83.6 Å². The van der Waals surface area contributed by atoms with Crippen molar-refractivity contribution in [3.8, 4) is 23.0 Å². The molecule has 0 saturated heterocycles. The van der Waals surface area contributed by atoms with Crippen molar-refractivity contribution in [2.75, 3.05) is 67.2 Å². The maximum absolute atomic E-state index is 12.4. The van der Waals surface area contributed by atoms with E-state index in [1.54, 1.807) is 139 Å². The molecule has 5 amide bonds. The highest BCUT2D eigenvalue weighted by Gasteiger charge is 2.71. The van der Waals surface area contributed by atoms with Crippen LogP contribution in [0.5, 0.6) is 23.0 Å². The Bertz CT molecular complexity index is 3690. The van der Waals surface area contributed by atoms with E-state index in [9.17, 15) is 47.9 Å². The number of carboxylic acid groups (broad SMARTS) is 1. The smallest absolute Gasteiger partial charge is 0.410 e. The number of Topliss-reactive ketones (excluding diaryl/α,β-unsaturated/α-hetero) is 3. The molecule has 110 heavy (non-hydrogen) atoms. The van der Waals surface area contributed by atoms with E-state index >= 15 is 0 Å². The zero-order valence-corrected chi connectivity index (χ0v) is 69.3. The van der Waals surface area contributed by atoms with Crippen molar-refractivity contribution in [2.24, 2.45) is 27.9 Å². The average Bonchev–Trinajstić information content (AvgIpc) is 0.704. The Morgan fingerprint density at radius 1 is 0.445 bits per heavy atom. The Labute approximate surface area is 681 Å². The van der Waals surface area contributed by atoms with Gasteiger partial charge >= 0.3 is 18.0 Å². The minimum absolute atomic E-state index is 0. The molecule has 4 aromatic rings. The molecule has 0 radical (unpaired) electrons. The summed E-state index contributed by atoms with van der Waals surface area (Å²) in [5.74, 6) is 0.729. The molecule has 0 spiro atoms. The van der Waals surface area contributed by atoms with Gasteiger partial charge in [-0.15, -0.1) is 37.2 Å². The van der Waals surface area contributed by atoms with Crippen molar-refractivity contribution >= 4 is 143 Å². The van der Waals surface area contributed by atoms with Gasteiger partial charge in [0, 0.05) is 80.5 Å². The lowest BCUT2D eigenvalue weighted by molar-refractivity contribution is -0.175. The normalized spacial score (nSPS) is 25.0. The van der Waals surface area contributed by atoms with Crippen LogP contribution in [-0.4, -0.2) is 175 Å². The van der Waals surface area contributed by atoms with Crippen LogP contribution in [0.1, 0.15) is 151 Å². The SMILES string of the molecule is CC(CC(=O)CC12CC(NC(=O)COc3ccc(Cl)cc3)(C1)C2)C(=O)OC(C)(C)C.CN(CC(=O)O)C(=O)OC(C)(C)C.CNCC(=O)CC12CC(NC(=O)COc3ccc(Cl)cc3)(C1)C2.CNCC(=O)CC12CC(NC(=O)COc3ccc(Cl)cc3)(C1)C2.Cl.Cl.Cl.NC12CC(NC(=O)COc3ccc(Cl)cc3)(C1)C2. The number of aliphatic carboxylic acids is 1. The number of ketones is 3. The molecule has 25 nitrogen and oxygen atoms in total. The van der Waals surface area contributed by atoms with Crippen molar-refractivity contribution in [1.82, 2.24) is 36.8 Å². The number of hydrogen-bond donors (Lipinski definition) is 8. The third-order valence-corrected chi connectivity index (χ3v) is 20.7. The number of nitrogens with zero attached hydrogens (tertiary/aromatic N) is 1. The molecule has 0 aliphatic heterocycles. The van der Waals surface area contributed by atoms with Gasteiger partial charge in [0.1, 0.15) is 58.1 Å². The minimum Gasteiger partial charge on any atom is -0.484 e. The van der Waals surface area contributed by atoms with Crippen LogP contribution in [0.2, 0.25) is 20.1 Å². The quantitative estimate of drug-likeness (QED) is 0.0217. The van der Waals surface area contributed by atoms with Gasteiger partial charge in [-0.05, 0) is 246 Å². The molecule has 0 heterocycles. The van der Waals surface area contributed by atoms with Crippen molar-refractivity contribution in [2.45, 2.75) is 190 Å². The summed E-state index contributed by atoms with van der Waals surface area (Å²) in [5.41, 5.74) is 4.62. The molecular weight excluding hydrogens is 1570 g/mol. The number of benzene rings is 4. The molecule has 0 aromatic heterocycles. The summed E-state index contributed by atoms with van der Waals surface area (Å²) >= 11 is 23.2. The van der Waals surface area contributed by atoms with Gasteiger partial charge < -0.3 is 76.1 Å². The van der Waals surface area contributed by atoms with E-state index in [2.05, 4.69) is 31.9 Å². The molecule has 608 valence electrons. The van der Waals surface area contributed by atoms with E-state index in [0.29, 0.717) is 75.4 Å². The first kappa shape index (κ1) is 93.7. The van der Waals surface area contributed by atoms with Crippen LogP contribution in [0.15, 0.2) is 97.1 Å². The largest absolute Gasteiger partial charge is 0.484 e. The highest BCUT2D eigenvalue weighted by atomic mass is 35.5. The number of nitrogens with one attached hydrogen (secondary N) is 6. The van der Waals surface area contributed by atoms with E-state index in [1.807, 2.05) is 20.8 Å². The monoisotopic (exact) mass is 1670 g/mol. The van der Waals surface area contributed by atoms with Crippen molar-refractivity contribution in [1.29, 1.82) is 0 Å². The number of halogens is 7. The topological polar surface area (TPSA) is 348 Å². The first-order valence-corrected chi connectivity index (χ1v) is 37.3. The number of esters is 1. The Hall–Kier alpha value is -6.91. The summed E-state index contributed by atoms with van der Waals surface area (Å²) in [6.07, 6.45) is 11.8. The molecule has 9 N–H and O–H groups in total. The second-order valence-corrected chi connectivity index (χ2v) is 34.6. The zero-order valence-electron chi connectivity index (χ0n) is 63.8. The maximum atomic E-state index is 12.4. The standard InChI is InChI=1S/C23H30ClNO5.2C17H21ClN2O3.C13H15ClN2O2.C8H15NO4.3ClH/c1-15(20(28)30-21(2,3)4)9-17(26)10-22-12-23(13-22,14-22)25-19(27)11-29-18-7-5-16(24)6-8-18;2*1-19-7-13(21)6-16-9-17(10-16,11-16)20-15(22)8-23-14-4-2-12(18)3-5-14;14-9-1-3-10(4-2-9)18-5-11(17)16-13-6-12(15,7-13)8-13;1-8(2,3)13-7(12)9(4)5-6(10)11;;;/h5-8,15H,9-14H2,1-4H3,(H,25,27);2*2-5,19H,6-11H2,1H3,(H,20,22);1-4H,5-8,15H2,(H,16,17);5H2,1-4H3,(H,10,11);3*1H. The molecular formula is C78H105Cl7N8O17. The van der Waals surface area contributed by atoms with Crippen LogP contribution in [0.3, 0.4) is 0 Å². The van der Waals surface area contributed by atoms with Crippen molar-refractivity contribution in [3.63, 3.8) is 0 Å². The Kier molecular flexibility index (Phi) is 33.0. The minimum atomic E-state index is -1.06. The molecule has 12 fully saturated rings. The molecule has 12 saturated carbocycles. The third kappa shape index (κ3) is 27.4. The zero-order chi connectivity index (χ0) is 78.6. The molecule has 16 rings (SSSR count). The predicted molar refractivity (Wildman–Crippen MR) is 425 cm³/mol. The van der Waals surface area contributed by atoms with Gasteiger partial charge in [-0.1, -0.05) is 53.3 Å². The molecule has 12 aliphatic rings. The van der Waals surface area contributed by atoms with E-state index in [1.165, 1.54) is 7.05 Å². The third-order valence-electron chi connectivity index (χ3n) is 19.7. The van der Waals surface area contributed by atoms with E-state index in [0.717, 1.165) is 81.9 Å². The van der Waals surface area contributed by atoms with Gasteiger partial charge in [-0.25, -0.2) is 4.79 Å². The molecule has 8 bridgehead atoms. The number of ether oxygens (including phenoxy) is 6. The number of carbonyl (C=O) groups is 10. The predicted octanol–water partition coefficient (Wildman–Crippen LogP) is 11.6. The van der Waals surface area contributed by atoms with Gasteiger partial charge in [0.2, 0.25) is 0 Å². The maximum Gasteiger partial charge on any atom is 0.410 e. The molecule has 32 heteroatoms. The van der Waals surface area contributed by atoms with E-state index in [-0.39, 0.29) is 168 Å². The highest BCUT2D eigenvalue weighted by molar-refractivity contribution is 6.31. The lowest BCUT2D eigenvalue weighted by Gasteiger charge is -2.70. The Morgan fingerprint density at radius 3 is 0.936 bits per heavy atom. The van der Waals surface area contributed by atoms with Crippen molar-refractivity contribution in [3.05, 3.63) is 117 Å². The lowest BCUT2D eigenvalue weighted by Crippen LogP contribution is -2.82. The molecule has 1 unspecified atom stereocenters. The van der Waals surface area contributed by atoms with Crippen LogP contribution in [0, 0.1) is 22.2 Å². The van der Waals surface area contributed by atoms with Gasteiger partial charge in [0.05, 0.1) is 19.0 Å². The van der Waals surface area contributed by atoms with Crippen LogP contribution in [0.25, 0.3) is 0 Å². The van der Waals surface area contributed by atoms with E-state index in [4.69, 9.17) is 85.7 Å². The second-order valence-electron chi connectivity index (χ2n) is 32.8. The Morgan fingerprint density at radius 2 is 0.700 bits per heavy atom. The second kappa shape index (κ2) is 38.7. The van der Waals surface area contributed by atoms with Gasteiger partial charge in [-0.2, -0.15) is 0 Å². The summed E-state index contributed by atoms with van der Waals surface area (Å²) in [7, 11) is 4.94. The average molecular weight is 1670 g/mol. The fourth-order valence-corrected chi connectivity index (χ4v) is 16.8. The molecule has 12 aliphatic carbocycles. The molecule has 1 atom stereocenters. The number of carboxylic acids is 1. The summed E-state index contributed by atoms with van der Waals surface area (Å²) in [4.78, 5) is 118. The van der Waals surface area contributed by atoms with Gasteiger partial charge in [-0.3, -0.25) is 43.2 Å².